The van der Waals surface area contributed by atoms with Crippen molar-refractivity contribution in [1.29, 1.82) is 0 Å². The van der Waals surface area contributed by atoms with Crippen molar-refractivity contribution < 1.29 is 14.5 Å². The van der Waals surface area contributed by atoms with E-state index in [9.17, 15) is 14.9 Å². The zero-order chi connectivity index (χ0) is 21.1. The maximum Gasteiger partial charge on any atom is 0.276 e. The number of carbonyl (C=O) groups is 1. The first kappa shape index (κ1) is 19.3. The van der Waals surface area contributed by atoms with Gasteiger partial charge in [0.1, 0.15) is 0 Å². The number of nitro benzene ring substituents is 1. The SMILES string of the molecule is COCCn1ccc2cc(NC(=O)c3ccn(-c4ccc([N+](=O)[O-])cc4)n3)ccc21. The van der Waals surface area contributed by atoms with Crippen LogP contribution in [-0.2, 0) is 11.3 Å². The molecule has 0 spiro atoms. The molecule has 0 saturated carbocycles. The predicted octanol–water partition coefficient (Wildman–Crippen LogP) is 3.63. The third kappa shape index (κ3) is 3.91. The van der Waals surface area contributed by atoms with Gasteiger partial charge in [-0.05, 0) is 42.5 Å². The van der Waals surface area contributed by atoms with Crippen LogP contribution in [0.2, 0.25) is 0 Å². The third-order valence-electron chi connectivity index (χ3n) is 4.71. The van der Waals surface area contributed by atoms with E-state index in [1.807, 2.05) is 30.5 Å². The molecule has 0 unspecified atom stereocenters. The number of methoxy groups -OCH3 is 1. The number of fused-ring (bicyclic) bond motifs is 1. The van der Waals surface area contributed by atoms with Crippen LogP contribution in [0.15, 0.2) is 67.0 Å². The predicted molar refractivity (Wildman–Crippen MR) is 112 cm³/mol. The molecule has 0 fully saturated rings. The lowest BCUT2D eigenvalue weighted by atomic mass is 10.2. The van der Waals surface area contributed by atoms with Crippen LogP contribution >= 0.6 is 0 Å². The number of anilines is 1. The third-order valence-corrected chi connectivity index (χ3v) is 4.71. The number of nitrogens with zero attached hydrogens (tertiary/aromatic N) is 4. The average molecular weight is 405 g/mol. The Morgan fingerprint density at radius 2 is 1.93 bits per heavy atom. The van der Waals surface area contributed by atoms with Gasteiger partial charge < -0.3 is 14.6 Å². The van der Waals surface area contributed by atoms with Gasteiger partial charge in [0.2, 0.25) is 0 Å². The minimum atomic E-state index is -0.464. The van der Waals surface area contributed by atoms with E-state index in [0.717, 1.165) is 17.4 Å². The fourth-order valence-electron chi connectivity index (χ4n) is 3.17. The molecule has 9 heteroatoms. The van der Waals surface area contributed by atoms with Gasteiger partial charge in [-0.15, -0.1) is 0 Å². The highest BCUT2D eigenvalue weighted by Gasteiger charge is 2.12. The van der Waals surface area contributed by atoms with Gasteiger partial charge in [0.15, 0.2) is 5.69 Å². The second-order valence-corrected chi connectivity index (χ2v) is 6.65. The van der Waals surface area contributed by atoms with Gasteiger partial charge in [-0.2, -0.15) is 5.10 Å². The van der Waals surface area contributed by atoms with Gasteiger partial charge in [0.05, 0.1) is 17.2 Å². The van der Waals surface area contributed by atoms with Crippen molar-refractivity contribution in [1.82, 2.24) is 14.3 Å². The average Bonchev–Trinajstić information content (AvgIpc) is 3.39. The molecule has 0 aliphatic heterocycles. The van der Waals surface area contributed by atoms with Crippen LogP contribution < -0.4 is 5.32 Å². The van der Waals surface area contributed by atoms with Gasteiger partial charge in [0, 0.05) is 54.8 Å². The van der Waals surface area contributed by atoms with Crippen LogP contribution in [0.5, 0.6) is 0 Å². The van der Waals surface area contributed by atoms with E-state index >= 15 is 0 Å². The lowest BCUT2D eigenvalue weighted by Crippen LogP contribution is -2.13. The van der Waals surface area contributed by atoms with E-state index in [2.05, 4.69) is 15.0 Å². The first-order valence-corrected chi connectivity index (χ1v) is 9.25. The Labute approximate surface area is 171 Å². The Balaban J connectivity index is 1.48. The molecule has 0 aliphatic rings. The molecule has 2 heterocycles. The molecular formula is C21H19N5O4. The van der Waals surface area contributed by atoms with E-state index in [0.29, 0.717) is 18.0 Å². The van der Waals surface area contributed by atoms with Crippen molar-refractivity contribution in [2.45, 2.75) is 6.54 Å². The first-order chi connectivity index (χ1) is 14.5. The normalized spacial score (nSPS) is 11.0. The highest BCUT2D eigenvalue weighted by Crippen LogP contribution is 2.21. The Kier molecular flexibility index (Phi) is 5.27. The zero-order valence-corrected chi connectivity index (χ0v) is 16.2. The molecular weight excluding hydrogens is 386 g/mol. The fraction of sp³-hybridized carbons (Fsp3) is 0.143. The summed E-state index contributed by atoms with van der Waals surface area (Å²) in [5.41, 5.74) is 2.59. The summed E-state index contributed by atoms with van der Waals surface area (Å²) in [6.07, 6.45) is 3.62. The van der Waals surface area contributed by atoms with Gasteiger partial charge in [0.25, 0.3) is 11.6 Å². The van der Waals surface area contributed by atoms with E-state index in [1.165, 1.54) is 16.8 Å². The maximum absolute atomic E-state index is 12.6. The molecule has 4 aromatic rings. The molecule has 0 saturated heterocycles. The molecule has 1 amide bonds. The summed E-state index contributed by atoms with van der Waals surface area (Å²) in [6, 6.07) is 15.2. The van der Waals surface area contributed by atoms with Crippen LogP contribution in [0.4, 0.5) is 11.4 Å². The monoisotopic (exact) mass is 405 g/mol. The summed E-state index contributed by atoms with van der Waals surface area (Å²) in [7, 11) is 1.67. The standard InChI is InChI=1S/C21H19N5O4/c1-30-13-12-24-10-8-15-14-16(2-7-20(15)24)22-21(27)19-9-11-25(23-19)17-3-5-18(6-4-17)26(28)29/h2-11,14H,12-13H2,1H3,(H,22,27). The number of aromatic nitrogens is 3. The second kappa shape index (κ2) is 8.18. The molecule has 0 bridgehead atoms. The molecule has 0 atom stereocenters. The number of nitro groups is 1. The topological polar surface area (TPSA) is 104 Å². The largest absolute Gasteiger partial charge is 0.383 e. The zero-order valence-electron chi connectivity index (χ0n) is 16.2. The van der Waals surface area contributed by atoms with Gasteiger partial charge in [-0.1, -0.05) is 0 Å². The van der Waals surface area contributed by atoms with E-state index in [4.69, 9.17) is 4.74 Å². The Morgan fingerprint density at radius 1 is 1.13 bits per heavy atom. The molecule has 2 aromatic heterocycles. The number of ether oxygens (including phenoxy) is 1. The van der Waals surface area contributed by atoms with Crippen LogP contribution in [0, 0.1) is 10.1 Å². The van der Waals surface area contributed by atoms with Crippen LogP contribution in [0.25, 0.3) is 16.6 Å². The molecule has 1 N–H and O–H groups in total. The van der Waals surface area contributed by atoms with Gasteiger partial charge >= 0.3 is 0 Å². The maximum atomic E-state index is 12.6. The van der Waals surface area contributed by atoms with Crippen LogP contribution in [0.3, 0.4) is 0 Å². The van der Waals surface area contributed by atoms with Crippen molar-refractivity contribution in [2.75, 3.05) is 19.0 Å². The number of non-ortho nitro benzene ring substituents is 1. The number of amides is 1. The summed E-state index contributed by atoms with van der Waals surface area (Å²) >= 11 is 0. The summed E-state index contributed by atoms with van der Waals surface area (Å²) < 4.78 is 8.71. The van der Waals surface area contributed by atoms with Crippen LogP contribution in [0.1, 0.15) is 10.5 Å². The highest BCUT2D eigenvalue weighted by atomic mass is 16.6. The molecule has 9 nitrogen and oxygen atoms in total. The molecule has 2 aromatic carbocycles. The Morgan fingerprint density at radius 3 is 2.67 bits per heavy atom. The van der Waals surface area contributed by atoms with E-state index in [-0.39, 0.29) is 17.3 Å². The van der Waals surface area contributed by atoms with Crippen LogP contribution in [-0.4, -0.2) is 38.9 Å². The number of hydrogen-bond donors (Lipinski definition) is 1. The Hall–Kier alpha value is -3.98. The Bertz CT molecular complexity index is 1210. The van der Waals surface area contributed by atoms with E-state index in [1.54, 1.807) is 31.5 Å². The second-order valence-electron chi connectivity index (χ2n) is 6.65. The van der Waals surface area contributed by atoms with Crippen molar-refractivity contribution in [3.8, 4) is 5.69 Å². The molecule has 0 radical (unpaired) electrons. The summed E-state index contributed by atoms with van der Waals surface area (Å²) in [6.45, 7) is 1.38. The summed E-state index contributed by atoms with van der Waals surface area (Å²) in [5, 5.41) is 18.9. The van der Waals surface area contributed by atoms with E-state index < -0.39 is 4.92 Å². The van der Waals surface area contributed by atoms with Crippen molar-refractivity contribution in [3.05, 3.63) is 82.8 Å². The number of benzene rings is 2. The molecule has 4 rings (SSSR count). The minimum absolute atomic E-state index is 0.00434. The van der Waals surface area contributed by atoms with Crippen molar-refractivity contribution in [2.24, 2.45) is 0 Å². The van der Waals surface area contributed by atoms with Crippen molar-refractivity contribution in [3.63, 3.8) is 0 Å². The van der Waals surface area contributed by atoms with Gasteiger partial charge in [-0.25, -0.2) is 4.68 Å². The fourth-order valence-corrected chi connectivity index (χ4v) is 3.17. The summed E-state index contributed by atoms with van der Waals surface area (Å²) in [5.74, 6) is -0.339. The minimum Gasteiger partial charge on any atom is -0.383 e. The lowest BCUT2D eigenvalue weighted by molar-refractivity contribution is -0.384. The number of rotatable bonds is 7. The lowest BCUT2D eigenvalue weighted by Gasteiger charge is -2.06. The summed E-state index contributed by atoms with van der Waals surface area (Å²) in [4.78, 5) is 22.9. The number of carbonyl (C=O) groups excluding carboxylic acids is 1. The first-order valence-electron chi connectivity index (χ1n) is 9.25. The van der Waals surface area contributed by atoms with Gasteiger partial charge in [-0.3, -0.25) is 14.9 Å². The highest BCUT2D eigenvalue weighted by molar-refractivity contribution is 6.03. The van der Waals surface area contributed by atoms with Crippen molar-refractivity contribution >= 4 is 28.2 Å². The smallest absolute Gasteiger partial charge is 0.276 e. The number of nitrogens with one attached hydrogen (secondary N) is 1. The molecule has 0 aliphatic carbocycles. The molecule has 152 valence electrons. The quantitative estimate of drug-likeness (QED) is 0.373. The molecule has 30 heavy (non-hydrogen) atoms. The number of hydrogen-bond acceptors (Lipinski definition) is 5.